The highest BCUT2D eigenvalue weighted by Crippen LogP contribution is 2.36. The highest BCUT2D eigenvalue weighted by Gasteiger charge is 2.17. The van der Waals surface area contributed by atoms with Crippen molar-refractivity contribution in [1.29, 1.82) is 0 Å². The van der Waals surface area contributed by atoms with Crippen molar-refractivity contribution < 1.29 is 22.6 Å². The van der Waals surface area contributed by atoms with E-state index in [1.54, 1.807) is 18.2 Å². The molecule has 1 aliphatic heterocycles. The number of nitrogens with zero attached hydrogens (tertiary/aromatic N) is 4. The van der Waals surface area contributed by atoms with Gasteiger partial charge in [-0.3, -0.25) is 0 Å². The third kappa shape index (κ3) is 3.47. The van der Waals surface area contributed by atoms with Crippen molar-refractivity contribution in [2.24, 2.45) is 5.73 Å². The maximum atomic E-state index is 14.7. The molecule has 0 saturated carbocycles. The zero-order chi connectivity index (χ0) is 20.5. The van der Waals surface area contributed by atoms with Crippen LogP contribution in [-0.4, -0.2) is 32.7 Å². The number of aromatic nitrogens is 4. The van der Waals surface area contributed by atoms with Crippen LogP contribution < -0.4 is 20.9 Å². The summed E-state index contributed by atoms with van der Waals surface area (Å²) in [4.78, 5) is 16.4. The van der Waals surface area contributed by atoms with E-state index < -0.39 is 36.3 Å². The van der Waals surface area contributed by atoms with Gasteiger partial charge in [0.2, 0.25) is 6.79 Å². The number of ether oxygens (including phenoxy) is 2. The van der Waals surface area contributed by atoms with Crippen molar-refractivity contribution in [3.63, 3.8) is 0 Å². The van der Waals surface area contributed by atoms with Crippen molar-refractivity contribution in [3.05, 3.63) is 64.7 Å². The van der Waals surface area contributed by atoms with Gasteiger partial charge in [-0.2, -0.15) is 13.9 Å². The van der Waals surface area contributed by atoms with Crippen LogP contribution in [0.15, 0.2) is 53.2 Å². The molecule has 3 heterocycles. The Balaban J connectivity index is 1.66. The van der Waals surface area contributed by atoms with E-state index in [1.807, 2.05) is 0 Å². The van der Waals surface area contributed by atoms with Crippen LogP contribution in [0, 0.1) is 5.82 Å². The molecule has 8 nitrogen and oxygen atoms in total. The van der Waals surface area contributed by atoms with Gasteiger partial charge in [0.05, 0.1) is 6.54 Å². The molecule has 0 amide bonds. The summed E-state index contributed by atoms with van der Waals surface area (Å²) in [6.07, 6.45) is 0.413. The second-order valence-corrected chi connectivity index (χ2v) is 6.11. The minimum Gasteiger partial charge on any atom is -0.454 e. The molecule has 29 heavy (non-hydrogen) atoms. The summed E-state index contributed by atoms with van der Waals surface area (Å²) in [6.45, 7) is -0.815. The summed E-state index contributed by atoms with van der Waals surface area (Å²) in [5.74, 6) is 0.0412. The van der Waals surface area contributed by atoms with Crippen LogP contribution in [0.1, 0.15) is 0 Å². The molecule has 0 unspecified atom stereocenters. The Morgan fingerprint density at radius 1 is 1.17 bits per heavy atom. The average Bonchev–Trinajstić information content (AvgIpc) is 3.32. The summed E-state index contributed by atoms with van der Waals surface area (Å²) in [6, 6.07) is 6.32. The van der Waals surface area contributed by atoms with Gasteiger partial charge in [0.25, 0.3) is 6.08 Å². The summed E-state index contributed by atoms with van der Waals surface area (Å²) < 4.78 is 52.3. The second kappa shape index (κ2) is 7.43. The fourth-order valence-electron chi connectivity index (χ4n) is 2.82. The Morgan fingerprint density at radius 3 is 2.69 bits per heavy atom. The summed E-state index contributed by atoms with van der Waals surface area (Å²) in [5.41, 5.74) is 5.08. The minimum absolute atomic E-state index is 0.116. The molecule has 0 atom stereocenters. The molecule has 0 spiro atoms. The molecular weight excluding hydrogens is 391 g/mol. The van der Waals surface area contributed by atoms with Gasteiger partial charge in [0.1, 0.15) is 6.33 Å². The third-order valence-corrected chi connectivity index (χ3v) is 4.34. The van der Waals surface area contributed by atoms with Crippen molar-refractivity contribution in [2.45, 2.75) is 6.54 Å². The van der Waals surface area contributed by atoms with E-state index in [1.165, 1.54) is 12.3 Å². The molecule has 1 aliphatic rings. The maximum Gasteiger partial charge on any atom is 0.351 e. The van der Waals surface area contributed by atoms with E-state index in [2.05, 4.69) is 10.1 Å². The van der Waals surface area contributed by atoms with Gasteiger partial charge < -0.3 is 15.2 Å². The molecule has 0 aliphatic carbocycles. The first-order valence-corrected chi connectivity index (χ1v) is 8.41. The number of benzene rings is 1. The minimum atomic E-state index is -1.98. The third-order valence-electron chi connectivity index (χ3n) is 4.34. The van der Waals surface area contributed by atoms with E-state index in [0.717, 1.165) is 15.6 Å². The molecule has 0 fully saturated rings. The van der Waals surface area contributed by atoms with Crippen LogP contribution in [0.5, 0.6) is 11.5 Å². The molecule has 2 N–H and O–H groups in total. The highest BCUT2D eigenvalue weighted by atomic mass is 19.3. The highest BCUT2D eigenvalue weighted by molar-refractivity contribution is 5.67. The molecule has 2 aromatic heterocycles. The van der Waals surface area contributed by atoms with Crippen LogP contribution in [0.25, 0.3) is 16.9 Å². The maximum absolute atomic E-state index is 14.7. The summed E-state index contributed by atoms with van der Waals surface area (Å²) >= 11 is 0. The zero-order valence-corrected chi connectivity index (χ0v) is 14.8. The number of fused-ring (bicyclic) bond motifs is 1. The Labute approximate surface area is 161 Å². The van der Waals surface area contributed by atoms with E-state index >= 15 is 0 Å². The van der Waals surface area contributed by atoms with E-state index in [9.17, 15) is 18.0 Å². The second-order valence-electron chi connectivity index (χ2n) is 6.11. The van der Waals surface area contributed by atoms with Crippen molar-refractivity contribution in [1.82, 2.24) is 19.3 Å². The van der Waals surface area contributed by atoms with Gasteiger partial charge in [-0.1, -0.05) is 6.07 Å². The van der Waals surface area contributed by atoms with Gasteiger partial charge in [-0.25, -0.2) is 23.4 Å². The largest absolute Gasteiger partial charge is 0.454 e. The molecule has 0 radical (unpaired) electrons. The van der Waals surface area contributed by atoms with E-state index in [4.69, 9.17) is 15.2 Å². The molecule has 3 aromatic rings. The number of hydrogen-bond acceptors (Lipinski definition) is 6. The number of nitrogens with two attached hydrogens (primary N) is 1. The fourth-order valence-corrected chi connectivity index (χ4v) is 2.82. The van der Waals surface area contributed by atoms with Gasteiger partial charge in [-0.15, -0.1) is 0 Å². The van der Waals surface area contributed by atoms with Gasteiger partial charge in [-0.05, 0) is 23.8 Å². The lowest BCUT2D eigenvalue weighted by atomic mass is 10.1. The Hall–Kier alpha value is -3.60. The molecule has 4 rings (SSSR count). The van der Waals surface area contributed by atoms with Crippen LogP contribution in [0.2, 0.25) is 0 Å². The van der Waals surface area contributed by atoms with Crippen molar-refractivity contribution >= 4 is 0 Å². The van der Waals surface area contributed by atoms with Crippen molar-refractivity contribution in [3.8, 4) is 28.4 Å². The van der Waals surface area contributed by atoms with Crippen molar-refractivity contribution in [2.75, 3.05) is 13.3 Å². The first kappa shape index (κ1) is 18.7. The summed E-state index contributed by atoms with van der Waals surface area (Å²) in [7, 11) is 0. The topological polar surface area (TPSA) is 97.2 Å². The zero-order valence-electron chi connectivity index (χ0n) is 14.8. The Bertz CT molecular complexity index is 1170. The lowest BCUT2D eigenvalue weighted by Gasteiger charge is -2.06. The SMILES string of the molecule is NCC(Cn1ncn(-c2ncc(-c3ccc4c(c3)OCO4)cc2F)c1=O)=C(F)F. The lowest BCUT2D eigenvalue weighted by molar-refractivity contribution is 0.174. The number of rotatable bonds is 5. The van der Waals surface area contributed by atoms with Crippen LogP contribution in [0.4, 0.5) is 13.2 Å². The average molecular weight is 405 g/mol. The van der Waals surface area contributed by atoms with E-state index in [-0.39, 0.29) is 12.6 Å². The van der Waals surface area contributed by atoms with Crippen LogP contribution in [-0.2, 0) is 6.54 Å². The Morgan fingerprint density at radius 2 is 1.97 bits per heavy atom. The van der Waals surface area contributed by atoms with Crippen LogP contribution in [0.3, 0.4) is 0 Å². The lowest BCUT2D eigenvalue weighted by Crippen LogP contribution is -2.27. The standard InChI is InChI=1S/C18H14F3N5O3/c19-13-3-11(10-1-2-14-15(4-10)29-9-28-14)6-23-17(13)25-8-24-26(18(25)27)7-12(5-22)16(20)21/h1-4,6,8H,5,7,9,22H2. The molecule has 1 aromatic carbocycles. The number of pyridine rings is 1. The predicted molar refractivity (Wildman–Crippen MR) is 95.4 cm³/mol. The molecule has 11 heteroatoms. The fraction of sp³-hybridized carbons (Fsp3) is 0.167. The number of hydrogen-bond donors (Lipinski definition) is 1. The molecule has 0 bridgehead atoms. The normalized spacial score (nSPS) is 12.3. The van der Waals surface area contributed by atoms with Crippen LogP contribution >= 0.6 is 0 Å². The molecular formula is C18H14F3N5O3. The smallest absolute Gasteiger partial charge is 0.351 e. The number of halogens is 3. The predicted octanol–water partition coefficient (Wildman–Crippen LogP) is 2.07. The van der Waals surface area contributed by atoms with Gasteiger partial charge >= 0.3 is 5.69 Å². The monoisotopic (exact) mass is 405 g/mol. The first-order chi connectivity index (χ1) is 14.0. The quantitative estimate of drug-likeness (QED) is 0.698. The molecule has 150 valence electrons. The first-order valence-electron chi connectivity index (χ1n) is 8.41. The molecule has 0 saturated heterocycles. The van der Waals surface area contributed by atoms with Gasteiger partial charge in [0.15, 0.2) is 23.1 Å². The van der Waals surface area contributed by atoms with E-state index in [0.29, 0.717) is 22.6 Å². The van der Waals surface area contributed by atoms with Gasteiger partial charge in [0, 0.05) is 23.9 Å². The summed E-state index contributed by atoms with van der Waals surface area (Å²) in [5, 5.41) is 3.73. The Kier molecular flexibility index (Phi) is 4.80.